The fourth-order valence-electron chi connectivity index (χ4n) is 3.75. The Morgan fingerprint density at radius 3 is 2.21 bits per heavy atom. The van der Waals surface area contributed by atoms with Crippen molar-refractivity contribution in [2.45, 2.75) is 51.5 Å². The van der Waals surface area contributed by atoms with Gasteiger partial charge >= 0.3 is 0 Å². The van der Waals surface area contributed by atoms with E-state index in [2.05, 4.69) is 6.92 Å². The first-order valence-corrected chi connectivity index (χ1v) is 11.5. The van der Waals surface area contributed by atoms with Gasteiger partial charge in [-0.3, -0.25) is 14.5 Å². The van der Waals surface area contributed by atoms with E-state index < -0.39 is 0 Å². The first kappa shape index (κ1) is 26.5. The second-order valence-electron chi connectivity index (χ2n) is 8.13. The van der Waals surface area contributed by atoms with Crippen LogP contribution in [0, 0.1) is 11.7 Å². The van der Waals surface area contributed by atoms with Crippen LogP contribution in [0.1, 0.15) is 79.2 Å². The van der Waals surface area contributed by atoms with Gasteiger partial charge in [0, 0.05) is 21.1 Å². The molecule has 7 heteroatoms. The van der Waals surface area contributed by atoms with Crippen molar-refractivity contribution < 1.29 is 25.2 Å². The lowest BCUT2D eigenvalue weighted by Crippen LogP contribution is -2.30. The smallest absolute Gasteiger partial charge is 0.261 e. The van der Waals surface area contributed by atoms with Crippen LogP contribution in [0.2, 0.25) is 0 Å². The lowest BCUT2D eigenvalue weighted by molar-refractivity contribution is 0.0651. The average molecular weight is 461 g/mol. The molecule has 4 rings (SSSR count). The molecule has 2 aromatic carbocycles. The maximum absolute atomic E-state index is 13.1. The number of aliphatic hydroxyl groups excluding tert-OH is 1. The molecule has 0 bridgehead atoms. The van der Waals surface area contributed by atoms with Crippen molar-refractivity contribution in [3.63, 3.8) is 0 Å². The van der Waals surface area contributed by atoms with Crippen molar-refractivity contribution in [3.05, 3.63) is 65.0 Å². The van der Waals surface area contributed by atoms with E-state index in [1.165, 1.54) is 30.9 Å². The number of carbonyl (C=O) groups is 2. The van der Waals surface area contributed by atoms with Gasteiger partial charge in [0.2, 0.25) is 0 Å². The van der Waals surface area contributed by atoms with E-state index in [-0.39, 0.29) is 30.8 Å². The van der Waals surface area contributed by atoms with Crippen LogP contribution in [0.25, 0.3) is 0 Å². The Bertz CT molecular complexity index is 902. The number of nitrogens with zero attached hydrogens (tertiary/aromatic N) is 1. The predicted molar refractivity (Wildman–Crippen MR) is 129 cm³/mol. The molecule has 0 aromatic heterocycles. The number of ether oxygens (including phenoxy) is 1. The lowest BCUT2D eigenvalue weighted by atomic mass is 10.0. The fourth-order valence-corrected chi connectivity index (χ4v) is 3.75. The van der Waals surface area contributed by atoms with Gasteiger partial charge < -0.3 is 15.6 Å². The van der Waals surface area contributed by atoms with E-state index in [1.807, 2.05) is 0 Å². The number of unbranched alkanes of at least 4 members (excludes halogenated alkanes) is 3. The minimum absolute atomic E-state index is 0. The largest absolute Gasteiger partial charge is 0.494 e. The van der Waals surface area contributed by atoms with Gasteiger partial charge in [-0.25, -0.2) is 4.39 Å². The highest BCUT2D eigenvalue weighted by Crippen LogP contribution is 2.40. The molecule has 0 saturated heterocycles. The second kappa shape index (κ2) is 13.1. The molecule has 6 nitrogen and oxygen atoms in total. The van der Waals surface area contributed by atoms with Crippen LogP contribution in [0.4, 0.5) is 4.39 Å². The summed E-state index contributed by atoms with van der Waals surface area (Å²) in [6.07, 6.45) is 6.65. The molecule has 2 aliphatic rings. The molecule has 1 fully saturated rings. The first-order chi connectivity index (χ1) is 16.0. The molecule has 0 spiro atoms. The zero-order valence-electron chi connectivity index (χ0n) is 19.7. The molecule has 0 radical (unpaired) electrons. The SMILES string of the molecule is CCCCCCN1C(=O)c2ccccc2C1=O.CO.COc1cc(C(N)C2CC2)ccc1F.[HH]. The van der Waals surface area contributed by atoms with Gasteiger partial charge in [0.05, 0.1) is 18.2 Å². The Morgan fingerprint density at radius 1 is 1.09 bits per heavy atom. The van der Waals surface area contributed by atoms with E-state index in [4.69, 9.17) is 15.6 Å². The lowest BCUT2D eigenvalue weighted by Gasteiger charge is -2.13. The summed E-state index contributed by atoms with van der Waals surface area (Å²) in [5, 5.41) is 7.00. The molecule has 1 aliphatic carbocycles. The van der Waals surface area contributed by atoms with Crippen molar-refractivity contribution in [1.82, 2.24) is 4.90 Å². The number of benzene rings is 2. The summed E-state index contributed by atoms with van der Waals surface area (Å²) >= 11 is 0. The number of nitrogens with two attached hydrogens (primary N) is 1. The van der Waals surface area contributed by atoms with Gasteiger partial charge in [0.15, 0.2) is 11.6 Å². The van der Waals surface area contributed by atoms with Crippen molar-refractivity contribution in [2.24, 2.45) is 11.7 Å². The summed E-state index contributed by atoms with van der Waals surface area (Å²) in [6, 6.07) is 11.9. The Hall–Kier alpha value is -2.77. The maximum Gasteiger partial charge on any atom is 0.261 e. The van der Waals surface area contributed by atoms with Crippen LogP contribution in [0.5, 0.6) is 5.75 Å². The molecule has 1 unspecified atom stereocenters. The van der Waals surface area contributed by atoms with Crippen LogP contribution in [0.15, 0.2) is 42.5 Å². The van der Waals surface area contributed by atoms with Gasteiger partial charge in [-0.1, -0.05) is 44.4 Å². The number of hydrogen-bond donors (Lipinski definition) is 2. The number of rotatable bonds is 8. The number of hydrogen-bond acceptors (Lipinski definition) is 5. The Labute approximate surface area is 197 Å². The number of carbonyl (C=O) groups excluding carboxylic acids is 2. The summed E-state index contributed by atoms with van der Waals surface area (Å²) in [6.45, 7) is 2.69. The summed E-state index contributed by atoms with van der Waals surface area (Å²) in [5.74, 6) is 0.243. The maximum atomic E-state index is 13.1. The van der Waals surface area contributed by atoms with Gasteiger partial charge in [0.25, 0.3) is 11.8 Å². The molecule has 1 aliphatic heterocycles. The van der Waals surface area contributed by atoms with Gasteiger partial charge in [-0.2, -0.15) is 0 Å². The van der Waals surface area contributed by atoms with Crippen LogP contribution in [-0.2, 0) is 0 Å². The standard InChI is InChI=1S/C14H17NO2.C11H14FNO.CH4O.H2/c1-2-3-4-7-10-15-13(16)11-8-5-6-9-12(11)14(15)17;1-14-10-6-8(4-5-9(10)12)11(13)7-2-3-7;1-2;/h5-6,8-9H,2-4,7,10H2,1H3;4-7,11H,2-3,13H2,1H3;2H,1H3;1H. The van der Waals surface area contributed by atoms with Gasteiger partial charge in [0.1, 0.15) is 0 Å². The Balaban J connectivity index is 0.000000313. The zero-order chi connectivity index (χ0) is 24.4. The molecule has 1 saturated carbocycles. The summed E-state index contributed by atoms with van der Waals surface area (Å²) in [4.78, 5) is 25.3. The summed E-state index contributed by atoms with van der Waals surface area (Å²) in [5.41, 5.74) is 8.06. The molecule has 33 heavy (non-hydrogen) atoms. The fraction of sp³-hybridized carbons (Fsp3) is 0.462. The minimum Gasteiger partial charge on any atom is -0.494 e. The van der Waals surface area contributed by atoms with Crippen LogP contribution in [-0.4, -0.2) is 42.6 Å². The highest BCUT2D eigenvalue weighted by Gasteiger charge is 2.34. The molecular formula is C26H37FN2O4. The number of imide groups is 1. The molecule has 2 amide bonds. The van der Waals surface area contributed by atoms with E-state index in [0.717, 1.165) is 38.4 Å². The normalized spacial score (nSPS) is 15.2. The third-order valence-electron chi connectivity index (χ3n) is 5.80. The van der Waals surface area contributed by atoms with Crippen LogP contribution >= 0.6 is 0 Å². The van der Waals surface area contributed by atoms with Gasteiger partial charge in [-0.15, -0.1) is 0 Å². The number of amides is 2. The topological polar surface area (TPSA) is 92.9 Å². The second-order valence-corrected chi connectivity index (χ2v) is 8.13. The molecular weight excluding hydrogens is 423 g/mol. The van der Waals surface area contributed by atoms with Crippen molar-refractivity contribution in [1.29, 1.82) is 0 Å². The van der Waals surface area contributed by atoms with Crippen molar-refractivity contribution in [2.75, 3.05) is 20.8 Å². The molecule has 182 valence electrons. The third-order valence-corrected chi connectivity index (χ3v) is 5.80. The van der Waals surface area contributed by atoms with Crippen molar-refractivity contribution >= 4 is 11.8 Å². The first-order valence-electron chi connectivity index (χ1n) is 11.5. The quantitative estimate of drug-likeness (QED) is 0.429. The number of fused-ring (bicyclic) bond motifs is 1. The summed E-state index contributed by atoms with van der Waals surface area (Å²) < 4.78 is 18.0. The van der Waals surface area contributed by atoms with E-state index in [0.29, 0.717) is 23.6 Å². The molecule has 1 atom stereocenters. The van der Waals surface area contributed by atoms with Crippen LogP contribution < -0.4 is 10.5 Å². The average Bonchev–Trinajstić information content (AvgIpc) is 3.67. The van der Waals surface area contributed by atoms with Crippen molar-refractivity contribution in [3.8, 4) is 5.75 Å². The Kier molecular flexibility index (Phi) is 10.5. The number of halogens is 1. The number of methoxy groups -OCH3 is 1. The highest BCUT2D eigenvalue weighted by atomic mass is 19.1. The Morgan fingerprint density at radius 2 is 1.70 bits per heavy atom. The molecule has 3 N–H and O–H groups in total. The molecule has 2 aromatic rings. The van der Waals surface area contributed by atoms with Crippen LogP contribution in [0.3, 0.4) is 0 Å². The third kappa shape index (κ3) is 6.85. The summed E-state index contributed by atoms with van der Waals surface area (Å²) in [7, 11) is 2.46. The predicted octanol–water partition coefficient (Wildman–Crippen LogP) is 4.96. The van der Waals surface area contributed by atoms with E-state index in [1.54, 1.807) is 36.4 Å². The molecule has 1 heterocycles. The monoisotopic (exact) mass is 460 g/mol. The highest BCUT2D eigenvalue weighted by molar-refractivity contribution is 6.21. The van der Waals surface area contributed by atoms with E-state index >= 15 is 0 Å². The van der Waals surface area contributed by atoms with E-state index in [9.17, 15) is 14.0 Å². The number of aliphatic hydroxyl groups is 1. The zero-order valence-corrected chi connectivity index (χ0v) is 19.7. The van der Waals surface area contributed by atoms with Gasteiger partial charge in [-0.05, 0) is 55.0 Å². The minimum atomic E-state index is -0.334.